The lowest BCUT2D eigenvalue weighted by Gasteiger charge is -2.25. The molecule has 1 aromatic rings. The zero-order valence-corrected chi connectivity index (χ0v) is 12.7. The van der Waals surface area contributed by atoms with E-state index in [1.165, 1.54) is 39.2 Å². The van der Waals surface area contributed by atoms with Crippen molar-refractivity contribution in [3.8, 4) is 17.6 Å². The summed E-state index contributed by atoms with van der Waals surface area (Å²) in [6.07, 6.45) is 0. The van der Waals surface area contributed by atoms with E-state index in [1.54, 1.807) is 6.07 Å². The van der Waals surface area contributed by atoms with Crippen LogP contribution in [0.4, 0.5) is 0 Å². The zero-order valence-electron chi connectivity index (χ0n) is 12.7. The predicted octanol–water partition coefficient (Wildman–Crippen LogP) is 1.29. The van der Waals surface area contributed by atoms with Gasteiger partial charge in [-0.3, -0.25) is 4.79 Å². The molecule has 2 rings (SSSR count). The Morgan fingerprint density at radius 2 is 2.00 bits per heavy atom. The van der Waals surface area contributed by atoms with Gasteiger partial charge in [0.05, 0.1) is 33.0 Å². The van der Waals surface area contributed by atoms with Crippen LogP contribution in [0.3, 0.4) is 0 Å². The number of nitrogens with zero attached hydrogens (tertiary/aromatic N) is 2. The molecule has 7 heteroatoms. The molecule has 0 saturated heterocycles. The first-order chi connectivity index (χ1) is 10.5. The average Bonchev–Trinajstić information content (AvgIpc) is 2.84. The van der Waals surface area contributed by atoms with Gasteiger partial charge in [0.1, 0.15) is 23.6 Å². The summed E-state index contributed by atoms with van der Waals surface area (Å²) in [5.74, 6) is -0.217. The number of hydrogen-bond donors (Lipinski definition) is 0. The van der Waals surface area contributed by atoms with Gasteiger partial charge in [0.2, 0.25) is 0 Å². The van der Waals surface area contributed by atoms with Gasteiger partial charge in [0, 0.05) is 11.6 Å². The summed E-state index contributed by atoms with van der Waals surface area (Å²) in [4.78, 5) is 25.6. The molecule has 0 saturated carbocycles. The number of nitriles is 1. The highest BCUT2D eigenvalue weighted by molar-refractivity contribution is 6.03. The molecule has 2 atom stereocenters. The molecule has 0 radical (unpaired) electrons. The Bertz CT molecular complexity index is 665. The first kappa shape index (κ1) is 15.6. The summed E-state index contributed by atoms with van der Waals surface area (Å²) in [6.45, 7) is 1.52. The summed E-state index contributed by atoms with van der Waals surface area (Å²) in [7, 11) is 4.15. The molecule has 0 aliphatic carbocycles. The Kier molecular flexibility index (Phi) is 4.22. The predicted molar refractivity (Wildman–Crippen MR) is 75.5 cm³/mol. The lowest BCUT2D eigenvalue weighted by Crippen LogP contribution is -2.41. The summed E-state index contributed by atoms with van der Waals surface area (Å²) < 4.78 is 15.1. The van der Waals surface area contributed by atoms with E-state index in [4.69, 9.17) is 9.47 Å². The fourth-order valence-corrected chi connectivity index (χ4v) is 2.55. The Morgan fingerprint density at radius 3 is 2.50 bits per heavy atom. The Hall–Kier alpha value is -2.75. The summed E-state index contributed by atoms with van der Waals surface area (Å²) in [5, 5.41) is 9.47. The average molecular weight is 304 g/mol. The molecule has 0 bridgehead atoms. The number of ether oxygens (including phenoxy) is 3. The van der Waals surface area contributed by atoms with E-state index in [2.05, 4.69) is 4.74 Å². The van der Waals surface area contributed by atoms with Crippen LogP contribution >= 0.6 is 0 Å². The molecule has 1 heterocycles. The Morgan fingerprint density at radius 1 is 1.32 bits per heavy atom. The maximum atomic E-state index is 12.6. The molecule has 1 aliphatic rings. The molecule has 0 fully saturated rings. The molecule has 0 N–H and O–H groups in total. The highest BCUT2D eigenvalue weighted by Gasteiger charge is 2.44. The van der Waals surface area contributed by atoms with Gasteiger partial charge in [-0.15, -0.1) is 0 Å². The fraction of sp³-hybridized carbons (Fsp3) is 0.400. The van der Waals surface area contributed by atoms with Crippen molar-refractivity contribution in [3.63, 3.8) is 0 Å². The molecule has 0 aromatic heterocycles. The minimum Gasteiger partial charge on any atom is -0.497 e. The van der Waals surface area contributed by atoms with Gasteiger partial charge in [0.25, 0.3) is 5.91 Å². The largest absolute Gasteiger partial charge is 0.497 e. The van der Waals surface area contributed by atoms with Crippen LogP contribution in [0, 0.1) is 11.3 Å². The number of fused-ring (bicyclic) bond motifs is 1. The molecule has 1 aromatic carbocycles. The number of carbonyl (C=O) groups excluding carboxylic acids is 2. The summed E-state index contributed by atoms with van der Waals surface area (Å²) in [6, 6.07) is 3.38. The Labute approximate surface area is 128 Å². The Balaban J connectivity index is 2.59. The number of esters is 1. The van der Waals surface area contributed by atoms with Crippen molar-refractivity contribution < 1.29 is 23.8 Å². The van der Waals surface area contributed by atoms with Crippen LogP contribution in [0.1, 0.15) is 28.9 Å². The highest BCUT2D eigenvalue weighted by Crippen LogP contribution is 2.42. The molecular weight excluding hydrogens is 288 g/mol. The van der Waals surface area contributed by atoms with E-state index in [0.29, 0.717) is 22.6 Å². The highest BCUT2D eigenvalue weighted by atomic mass is 16.5. The van der Waals surface area contributed by atoms with Gasteiger partial charge < -0.3 is 19.1 Å². The van der Waals surface area contributed by atoms with Gasteiger partial charge in [-0.05, 0) is 13.0 Å². The second-order valence-corrected chi connectivity index (χ2v) is 4.73. The van der Waals surface area contributed by atoms with Crippen LogP contribution in [0.2, 0.25) is 0 Å². The summed E-state index contributed by atoms with van der Waals surface area (Å²) >= 11 is 0. The molecule has 7 nitrogen and oxygen atoms in total. The standard InChI is InChI=1S/C15H16N2O5/c1-8(15(19)22-4)17-11(7-16)13-10(14(17)18)5-9(20-2)6-12(13)21-3/h5-6,8,11H,1-4H3. The third-order valence-corrected chi connectivity index (χ3v) is 3.67. The van der Waals surface area contributed by atoms with Gasteiger partial charge >= 0.3 is 5.97 Å². The van der Waals surface area contributed by atoms with Crippen LogP contribution in [0.25, 0.3) is 0 Å². The van der Waals surface area contributed by atoms with Crippen molar-refractivity contribution >= 4 is 11.9 Å². The number of hydrogen-bond acceptors (Lipinski definition) is 6. The smallest absolute Gasteiger partial charge is 0.328 e. The SMILES string of the molecule is COC(=O)C(C)N1C(=O)c2cc(OC)cc(OC)c2C1C#N. The lowest BCUT2D eigenvalue weighted by molar-refractivity contribution is -0.145. The van der Waals surface area contributed by atoms with E-state index in [-0.39, 0.29) is 0 Å². The van der Waals surface area contributed by atoms with Crippen LogP contribution in [-0.2, 0) is 9.53 Å². The van der Waals surface area contributed by atoms with Crippen LogP contribution in [-0.4, -0.2) is 44.1 Å². The van der Waals surface area contributed by atoms with Gasteiger partial charge in [-0.2, -0.15) is 5.26 Å². The van der Waals surface area contributed by atoms with E-state index in [0.717, 1.165) is 0 Å². The topological polar surface area (TPSA) is 88.9 Å². The number of methoxy groups -OCH3 is 3. The number of carbonyl (C=O) groups is 2. The minimum absolute atomic E-state index is 0.290. The maximum Gasteiger partial charge on any atom is 0.328 e. The van der Waals surface area contributed by atoms with Crippen LogP contribution < -0.4 is 9.47 Å². The fourth-order valence-electron chi connectivity index (χ4n) is 2.55. The second kappa shape index (κ2) is 5.93. The third-order valence-electron chi connectivity index (χ3n) is 3.67. The zero-order chi connectivity index (χ0) is 16.4. The number of benzene rings is 1. The second-order valence-electron chi connectivity index (χ2n) is 4.73. The normalized spacial score (nSPS) is 17.5. The number of rotatable bonds is 4. The van der Waals surface area contributed by atoms with Crippen LogP contribution in [0.5, 0.6) is 11.5 Å². The first-order valence-corrected chi connectivity index (χ1v) is 6.56. The van der Waals surface area contributed by atoms with Crippen LogP contribution in [0.15, 0.2) is 12.1 Å². The van der Waals surface area contributed by atoms with E-state index < -0.39 is 24.0 Å². The lowest BCUT2D eigenvalue weighted by atomic mass is 10.0. The van der Waals surface area contributed by atoms with Crippen molar-refractivity contribution in [1.82, 2.24) is 4.90 Å². The van der Waals surface area contributed by atoms with E-state index >= 15 is 0 Å². The molecule has 1 aliphatic heterocycles. The van der Waals surface area contributed by atoms with Gasteiger partial charge in [-0.25, -0.2) is 4.79 Å². The van der Waals surface area contributed by atoms with E-state index in [9.17, 15) is 14.9 Å². The third kappa shape index (κ3) is 2.22. The first-order valence-electron chi connectivity index (χ1n) is 6.56. The minimum atomic E-state index is -0.919. The van der Waals surface area contributed by atoms with Crippen molar-refractivity contribution in [2.45, 2.75) is 19.0 Å². The molecule has 0 spiro atoms. The quantitative estimate of drug-likeness (QED) is 0.779. The maximum absolute atomic E-state index is 12.6. The van der Waals surface area contributed by atoms with Crippen molar-refractivity contribution in [3.05, 3.63) is 23.3 Å². The molecule has 1 amide bonds. The molecule has 22 heavy (non-hydrogen) atoms. The van der Waals surface area contributed by atoms with E-state index in [1.807, 2.05) is 6.07 Å². The van der Waals surface area contributed by atoms with Gasteiger partial charge in [0.15, 0.2) is 0 Å². The van der Waals surface area contributed by atoms with Crippen molar-refractivity contribution in [2.24, 2.45) is 0 Å². The van der Waals surface area contributed by atoms with Gasteiger partial charge in [-0.1, -0.05) is 0 Å². The van der Waals surface area contributed by atoms with Crippen molar-refractivity contribution in [2.75, 3.05) is 21.3 Å². The molecular formula is C15H16N2O5. The molecule has 116 valence electrons. The summed E-state index contributed by atoms with van der Waals surface area (Å²) in [5.41, 5.74) is 0.727. The number of amides is 1. The van der Waals surface area contributed by atoms with Crippen molar-refractivity contribution in [1.29, 1.82) is 5.26 Å². The monoisotopic (exact) mass is 304 g/mol. The molecule has 2 unspecified atom stereocenters.